The van der Waals surface area contributed by atoms with Crippen molar-refractivity contribution in [3.63, 3.8) is 0 Å². The molecule has 2 rings (SSSR count). The molecule has 116 valence electrons. The van der Waals surface area contributed by atoms with Crippen LogP contribution in [0.25, 0.3) is 0 Å². The molecule has 8 heteroatoms. The predicted molar refractivity (Wildman–Crippen MR) is 77.1 cm³/mol. The molecule has 0 heterocycles. The summed E-state index contributed by atoms with van der Waals surface area (Å²) in [5, 5.41) is -0.905. The van der Waals surface area contributed by atoms with E-state index in [9.17, 15) is 17.6 Å². The Morgan fingerprint density at radius 3 is 2.76 bits per heavy atom. The number of hydrogen-bond acceptors (Lipinski definition) is 4. The Labute approximate surface area is 127 Å². The highest BCUT2D eigenvalue weighted by Gasteiger charge is 2.42. The van der Waals surface area contributed by atoms with E-state index in [-0.39, 0.29) is 10.7 Å². The van der Waals surface area contributed by atoms with Crippen molar-refractivity contribution in [2.75, 3.05) is 11.8 Å². The van der Waals surface area contributed by atoms with Crippen LogP contribution < -0.4 is 4.72 Å². The summed E-state index contributed by atoms with van der Waals surface area (Å²) >= 11 is 5.81. The van der Waals surface area contributed by atoms with Gasteiger partial charge in [0.2, 0.25) is 10.0 Å². The van der Waals surface area contributed by atoms with Gasteiger partial charge in [-0.2, -0.15) is 0 Å². The summed E-state index contributed by atoms with van der Waals surface area (Å²) in [6, 6.07) is 3.37. The van der Waals surface area contributed by atoms with Crippen LogP contribution in [0, 0.1) is 11.7 Å². The van der Waals surface area contributed by atoms with Crippen molar-refractivity contribution in [2.24, 2.45) is 5.92 Å². The maximum atomic E-state index is 13.0. The topological polar surface area (TPSA) is 72.5 Å². The normalized spacial score (nSPS) is 22.0. The maximum absolute atomic E-state index is 13.0. The molecule has 1 aliphatic rings. The summed E-state index contributed by atoms with van der Waals surface area (Å²) in [7, 11) is -2.58. The number of methoxy groups -OCH3 is 1. The first-order valence-electron chi connectivity index (χ1n) is 6.39. The fourth-order valence-electron chi connectivity index (χ4n) is 2.52. The molecule has 21 heavy (non-hydrogen) atoms. The van der Waals surface area contributed by atoms with E-state index in [4.69, 9.17) is 11.6 Å². The number of esters is 1. The quantitative estimate of drug-likeness (QED) is 0.858. The van der Waals surface area contributed by atoms with Gasteiger partial charge in [-0.1, -0.05) is 18.0 Å². The number of rotatable bonds is 4. The summed E-state index contributed by atoms with van der Waals surface area (Å²) in [5.74, 6) is -1.78. The average molecular weight is 336 g/mol. The first-order chi connectivity index (χ1) is 9.85. The first-order valence-corrected chi connectivity index (χ1v) is 8.32. The predicted octanol–water partition coefficient (Wildman–Crippen LogP) is 2.56. The molecule has 1 N–H and O–H groups in total. The summed E-state index contributed by atoms with van der Waals surface area (Å²) in [5.41, 5.74) is 0.0913. The third kappa shape index (κ3) is 3.47. The van der Waals surface area contributed by atoms with E-state index in [0.29, 0.717) is 19.3 Å². The molecule has 1 aliphatic carbocycles. The fraction of sp³-hybridized carbons (Fsp3) is 0.462. The van der Waals surface area contributed by atoms with Crippen molar-refractivity contribution in [2.45, 2.75) is 24.5 Å². The molecule has 0 amide bonds. The van der Waals surface area contributed by atoms with Crippen molar-refractivity contribution >= 4 is 33.3 Å². The van der Waals surface area contributed by atoms with Gasteiger partial charge in [-0.15, -0.1) is 0 Å². The minimum atomic E-state index is -3.81. The summed E-state index contributed by atoms with van der Waals surface area (Å²) in [4.78, 5) is 11.6. The van der Waals surface area contributed by atoms with Gasteiger partial charge in [-0.05, 0) is 31.0 Å². The zero-order valence-corrected chi connectivity index (χ0v) is 12.9. The number of carbonyl (C=O) groups is 1. The number of hydrogen-bond donors (Lipinski definition) is 1. The van der Waals surface area contributed by atoms with E-state index in [1.807, 2.05) is 0 Å². The molecule has 2 unspecified atom stereocenters. The molecular weight excluding hydrogens is 321 g/mol. The second kappa shape index (κ2) is 6.19. The number of nitrogens with one attached hydrogen (secondary N) is 1. The highest BCUT2D eigenvalue weighted by atomic mass is 35.5. The van der Waals surface area contributed by atoms with E-state index in [1.54, 1.807) is 0 Å². The lowest BCUT2D eigenvalue weighted by molar-refractivity contribution is -0.145. The third-order valence-corrected chi connectivity index (χ3v) is 5.72. The molecule has 1 saturated carbocycles. The number of anilines is 1. The minimum absolute atomic E-state index is 0.0359. The van der Waals surface area contributed by atoms with Gasteiger partial charge in [0.05, 0.1) is 29.0 Å². The maximum Gasteiger partial charge on any atom is 0.310 e. The molecule has 2 atom stereocenters. The van der Waals surface area contributed by atoms with E-state index < -0.39 is 33.0 Å². The van der Waals surface area contributed by atoms with Crippen molar-refractivity contribution < 1.29 is 22.3 Å². The van der Waals surface area contributed by atoms with Gasteiger partial charge in [0, 0.05) is 0 Å². The van der Waals surface area contributed by atoms with Crippen molar-refractivity contribution in [3.8, 4) is 0 Å². The molecule has 0 aromatic heterocycles. The summed E-state index contributed by atoms with van der Waals surface area (Å²) in [6.45, 7) is 0. The standard InChI is InChI=1S/C13H15ClFNO4S/c1-20-13(17)9-3-2-4-12(9)21(18,19)16-11-6-5-8(15)7-10(11)14/h5-7,9,12,16H,2-4H2,1H3. The lowest BCUT2D eigenvalue weighted by Gasteiger charge is -2.19. The second-order valence-corrected chi connectivity index (χ2v) is 7.18. The largest absolute Gasteiger partial charge is 0.469 e. The van der Waals surface area contributed by atoms with Crippen LogP contribution in [0.2, 0.25) is 5.02 Å². The van der Waals surface area contributed by atoms with Crippen LogP contribution in [0.5, 0.6) is 0 Å². The van der Waals surface area contributed by atoms with Crippen molar-refractivity contribution in [1.29, 1.82) is 0 Å². The molecule has 0 saturated heterocycles. The van der Waals surface area contributed by atoms with Gasteiger partial charge >= 0.3 is 5.97 Å². The van der Waals surface area contributed by atoms with Gasteiger partial charge < -0.3 is 4.74 Å². The van der Waals surface area contributed by atoms with Gasteiger partial charge in [-0.25, -0.2) is 12.8 Å². The van der Waals surface area contributed by atoms with Crippen molar-refractivity contribution in [1.82, 2.24) is 0 Å². The zero-order valence-electron chi connectivity index (χ0n) is 11.3. The van der Waals surface area contributed by atoms with Crippen LogP contribution in [0.15, 0.2) is 18.2 Å². The molecule has 0 radical (unpaired) electrons. The third-order valence-electron chi connectivity index (χ3n) is 3.54. The van der Waals surface area contributed by atoms with Crippen LogP contribution in [0.1, 0.15) is 19.3 Å². The lowest BCUT2D eigenvalue weighted by atomic mass is 10.1. The Hall–Kier alpha value is -1.34. The number of ether oxygens (including phenoxy) is 1. The van der Waals surface area contributed by atoms with Crippen LogP contribution in [0.4, 0.5) is 10.1 Å². The second-order valence-electron chi connectivity index (χ2n) is 4.87. The highest BCUT2D eigenvalue weighted by Crippen LogP contribution is 2.34. The van der Waals surface area contributed by atoms with Crippen LogP contribution in [-0.2, 0) is 19.6 Å². The molecule has 5 nitrogen and oxygen atoms in total. The number of carbonyl (C=O) groups excluding carboxylic acids is 1. The lowest BCUT2D eigenvalue weighted by Crippen LogP contribution is -2.35. The molecule has 1 aromatic carbocycles. The van der Waals surface area contributed by atoms with E-state index >= 15 is 0 Å². The van der Waals surface area contributed by atoms with E-state index in [2.05, 4.69) is 9.46 Å². The smallest absolute Gasteiger partial charge is 0.310 e. The van der Waals surface area contributed by atoms with Crippen LogP contribution >= 0.6 is 11.6 Å². The summed E-state index contributed by atoms with van der Waals surface area (Å²) < 4.78 is 44.7. The van der Waals surface area contributed by atoms with Gasteiger partial charge in [-0.3, -0.25) is 9.52 Å². The monoisotopic (exact) mass is 335 g/mol. The Balaban J connectivity index is 2.23. The first kappa shape index (κ1) is 16.0. The Morgan fingerprint density at radius 1 is 1.43 bits per heavy atom. The Bertz CT molecular complexity index is 650. The van der Waals surface area contributed by atoms with Gasteiger partial charge in [0.1, 0.15) is 5.82 Å². The number of benzene rings is 1. The molecule has 1 aromatic rings. The minimum Gasteiger partial charge on any atom is -0.469 e. The fourth-order valence-corrected chi connectivity index (χ4v) is 4.58. The number of sulfonamides is 1. The number of halogens is 2. The van der Waals surface area contributed by atoms with Crippen molar-refractivity contribution in [3.05, 3.63) is 29.0 Å². The average Bonchev–Trinajstić information content (AvgIpc) is 2.91. The van der Waals surface area contributed by atoms with Gasteiger partial charge in [0.25, 0.3) is 0 Å². The summed E-state index contributed by atoms with van der Waals surface area (Å²) in [6.07, 6.45) is 1.46. The molecule has 0 bridgehead atoms. The Kier molecular flexibility index (Phi) is 4.73. The van der Waals surface area contributed by atoms with E-state index in [0.717, 1.165) is 12.1 Å². The Morgan fingerprint density at radius 2 is 2.14 bits per heavy atom. The molecular formula is C13H15ClFNO4S. The van der Waals surface area contributed by atoms with Crippen LogP contribution in [-0.4, -0.2) is 26.7 Å². The highest BCUT2D eigenvalue weighted by molar-refractivity contribution is 7.93. The van der Waals surface area contributed by atoms with Crippen LogP contribution in [0.3, 0.4) is 0 Å². The molecule has 0 spiro atoms. The SMILES string of the molecule is COC(=O)C1CCCC1S(=O)(=O)Nc1ccc(F)cc1Cl. The van der Waals surface area contributed by atoms with E-state index in [1.165, 1.54) is 13.2 Å². The molecule has 1 fully saturated rings. The van der Waals surface area contributed by atoms with Gasteiger partial charge in [0.15, 0.2) is 0 Å². The molecule has 0 aliphatic heterocycles. The zero-order chi connectivity index (χ0) is 15.6.